The Labute approximate surface area is 337 Å². The monoisotopic (exact) mass is 820 g/mol. The second kappa shape index (κ2) is 14.4. The van der Waals surface area contributed by atoms with Crippen LogP contribution < -0.4 is 0 Å². The van der Waals surface area contributed by atoms with E-state index < -0.39 is 17.4 Å². The van der Waals surface area contributed by atoms with Gasteiger partial charge in [-0.2, -0.15) is 0 Å². The first-order chi connectivity index (χ1) is 27.3. The van der Waals surface area contributed by atoms with E-state index in [0.717, 1.165) is 11.8 Å². The van der Waals surface area contributed by atoms with Crippen LogP contribution in [0.25, 0.3) is 56.7 Å². The second-order valence-corrected chi connectivity index (χ2v) is 49.2. The molecule has 4 aliphatic rings. The van der Waals surface area contributed by atoms with E-state index in [1.165, 1.54) is 107 Å². The summed E-state index contributed by atoms with van der Waals surface area (Å²) in [4.78, 5) is 0. The molecule has 0 N–H and O–H groups in total. The van der Waals surface area contributed by atoms with Gasteiger partial charge in [0.05, 0.1) is 0 Å². The molecule has 0 nitrogen and oxygen atoms in total. The molecule has 0 amide bonds. The van der Waals surface area contributed by atoms with Crippen molar-refractivity contribution in [2.45, 2.75) is 67.9 Å². The average Bonchev–Trinajstić information content (AvgIpc) is 3.79. The maximum absolute atomic E-state index is 4.12. The molecule has 0 saturated heterocycles. The van der Waals surface area contributed by atoms with Gasteiger partial charge in [0.2, 0.25) is 0 Å². The van der Waals surface area contributed by atoms with E-state index in [-0.39, 0.29) is 0 Å². The molecular weight excluding hydrogens is 768 g/mol. The third-order valence-electron chi connectivity index (χ3n) is 14.3. The number of fused-ring (bicyclic) bond motifs is 2. The quantitative estimate of drug-likeness (QED) is 0.121. The average molecular weight is 822 g/mol. The Morgan fingerprint density at radius 3 is 1.04 bits per heavy atom. The van der Waals surface area contributed by atoms with Crippen LogP contribution in [0.5, 0.6) is 0 Å². The number of rotatable bonds is 10. The summed E-state index contributed by atoms with van der Waals surface area (Å²) in [6.07, 6.45) is 16.2. The number of allylic oxidation sites excluding steroid dienone is 2. The Bertz CT molecular complexity index is 2370. The van der Waals surface area contributed by atoms with Gasteiger partial charge < -0.3 is 0 Å². The van der Waals surface area contributed by atoms with Gasteiger partial charge in [0.1, 0.15) is 0 Å². The van der Waals surface area contributed by atoms with E-state index in [2.05, 4.69) is 174 Å². The Morgan fingerprint density at radius 2 is 0.732 bits per heavy atom. The molecule has 2 atom stereocenters. The van der Waals surface area contributed by atoms with Crippen LogP contribution in [0.2, 0.25) is 9.26 Å². The van der Waals surface area contributed by atoms with Crippen LogP contribution in [-0.4, -0.2) is 6.88 Å². The maximum atomic E-state index is 2.90. The molecule has 6 aromatic rings. The molecule has 2 heteroatoms. The molecule has 2 unspecified atom stereocenters. The van der Waals surface area contributed by atoms with E-state index in [9.17, 15) is 0 Å². The Balaban J connectivity index is 1.26. The van der Waals surface area contributed by atoms with Gasteiger partial charge in [-0.1, -0.05) is 0 Å². The van der Waals surface area contributed by atoms with Crippen molar-refractivity contribution in [3.63, 3.8) is 0 Å². The van der Waals surface area contributed by atoms with Gasteiger partial charge in [0, 0.05) is 0 Å². The molecule has 0 spiro atoms. The molecule has 2 saturated carbocycles. The zero-order chi connectivity index (χ0) is 37.9. The van der Waals surface area contributed by atoms with Gasteiger partial charge in [-0.15, -0.1) is 0 Å². The first-order valence-corrected chi connectivity index (χ1v) is 35.0. The van der Waals surface area contributed by atoms with Gasteiger partial charge in [-0.3, -0.25) is 0 Å². The molecule has 278 valence electrons. The predicted octanol–water partition coefficient (Wildman–Crippen LogP) is 14.6. The second-order valence-electron chi connectivity index (χ2n) is 18.7. The SMILES string of the molecule is [CH3][Zr]([CH3])(=[SiH2])([CH]1C(CC2CCC2)=Cc2c(-c3ccccc3)ccc(-c3ccccc3)c21)[CH]1C(CC2CCC2)=Cc2c(-c3ccccc3)ccc(-c3ccccc3)c21. The fourth-order valence-corrected chi connectivity index (χ4v) is 30.8. The Hall–Kier alpha value is -4.10. The van der Waals surface area contributed by atoms with E-state index in [4.69, 9.17) is 0 Å². The normalized spacial score (nSPS) is 19.4. The molecule has 0 aromatic heterocycles. The van der Waals surface area contributed by atoms with Crippen molar-refractivity contribution in [1.82, 2.24) is 0 Å². The molecule has 2 fully saturated rings. The summed E-state index contributed by atoms with van der Waals surface area (Å²) >= 11 is -4.12. The fourth-order valence-electron chi connectivity index (χ4n) is 11.3. The van der Waals surface area contributed by atoms with E-state index in [0.29, 0.717) is 7.25 Å². The summed E-state index contributed by atoms with van der Waals surface area (Å²) in [6, 6.07) is 55.1. The zero-order valence-electron chi connectivity index (χ0n) is 33.2. The van der Waals surface area contributed by atoms with Crippen LogP contribution >= 0.6 is 0 Å². The molecule has 6 aromatic carbocycles. The third kappa shape index (κ3) is 6.27. The van der Waals surface area contributed by atoms with Gasteiger partial charge >= 0.3 is 340 Å². The van der Waals surface area contributed by atoms with Crippen LogP contribution in [-0.2, 0) is 17.4 Å². The molecule has 0 aliphatic heterocycles. The van der Waals surface area contributed by atoms with E-state index >= 15 is 0 Å². The third-order valence-corrected chi connectivity index (χ3v) is 31.7. The molecule has 0 heterocycles. The van der Waals surface area contributed by atoms with Gasteiger partial charge in [-0.05, 0) is 0 Å². The van der Waals surface area contributed by atoms with Crippen molar-refractivity contribution in [2.75, 3.05) is 0 Å². The zero-order valence-corrected chi connectivity index (χ0v) is 37.1. The van der Waals surface area contributed by atoms with Gasteiger partial charge in [-0.25, -0.2) is 0 Å². The van der Waals surface area contributed by atoms with Crippen LogP contribution in [0.15, 0.2) is 157 Å². The van der Waals surface area contributed by atoms with Crippen molar-refractivity contribution in [3.8, 4) is 44.5 Å². The number of hydrogen-bond acceptors (Lipinski definition) is 0. The topological polar surface area (TPSA) is 0 Å². The molecule has 4 aliphatic carbocycles. The van der Waals surface area contributed by atoms with Crippen LogP contribution in [0.4, 0.5) is 0 Å². The van der Waals surface area contributed by atoms with Crippen molar-refractivity contribution in [1.29, 1.82) is 0 Å². The van der Waals surface area contributed by atoms with Crippen LogP contribution in [0.3, 0.4) is 0 Å². The van der Waals surface area contributed by atoms with Crippen molar-refractivity contribution >= 4 is 19.0 Å². The summed E-state index contributed by atoms with van der Waals surface area (Å²) in [5, 5.41) is 0. The van der Waals surface area contributed by atoms with Crippen molar-refractivity contribution in [2.24, 2.45) is 11.8 Å². The first-order valence-electron chi connectivity index (χ1n) is 21.4. The number of benzene rings is 6. The minimum absolute atomic E-state index is 0.453. The predicted molar refractivity (Wildman–Crippen MR) is 240 cm³/mol. The summed E-state index contributed by atoms with van der Waals surface area (Å²) in [6.45, 7) is 2.56. The first kappa shape index (κ1) is 36.3. The minimum atomic E-state index is -4.12. The summed E-state index contributed by atoms with van der Waals surface area (Å²) in [7, 11) is 0. The van der Waals surface area contributed by atoms with E-state index in [1.54, 1.807) is 22.3 Å². The Kier molecular flexibility index (Phi) is 9.31. The molecular formula is C54H54SiZr. The summed E-state index contributed by atoms with van der Waals surface area (Å²) < 4.78 is 6.70. The van der Waals surface area contributed by atoms with Gasteiger partial charge in [0.15, 0.2) is 0 Å². The van der Waals surface area contributed by atoms with E-state index in [1.807, 2.05) is 0 Å². The molecule has 0 bridgehead atoms. The summed E-state index contributed by atoms with van der Waals surface area (Å²) in [5.41, 5.74) is 20.8. The van der Waals surface area contributed by atoms with Crippen LogP contribution in [0.1, 0.15) is 80.9 Å². The number of hydrogen-bond donors (Lipinski definition) is 0. The molecule has 56 heavy (non-hydrogen) atoms. The summed E-state index contributed by atoms with van der Waals surface area (Å²) in [5.74, 6) is 1.61. The molecule has 10 rings (SSSR count). The molecule has 0 radical (unpaired) electrons. The fraction of sp³-hybridized carbons (Fsp3) is 0.259. The van der Waals surface area contributed by atoms with Gasteiger partial charge in [0.25, 0.3) is 0 Å². The van der Waals surface area contributed by atoms with Crippen LogP contribution in [0, 0.1) is 11.8 Å². The Morgan fingerprint density at radius 1 is 0.429 bits per heavy atom. The van der Waals surface area contributed by atoms with Crippen molar-refractivity contribution in [3.05, 3.63) is 179 Å². The standard InChI is InChI=1S/2C26H23.2CH3.H2Si.Zr/c2*1-3-10-21(11-4-1)23-14-15-24(22-12-5-2-6-13-22)26-18-20(17-25(23)26)16-19-8-7-9-19;;;;/h2*1-6,10-15,17-19H,7-9,16H2;2*1H3;1H2;. The van der Waals surface area contributed by atoms with Crippen molar-refractivity contribution < 1.29 is 17.4 Å².